The first-order chi connectivity index (χ1) is 19.5. The van der Waals surface area contributed by atoms with E-state index in [4.69, 9.17) is 15.0 Å². The Morgan fingerprint density at radius 3 is 2.07 bits per heavy atom. The lowest BCUT2D eigenvalue weighted by Gasteiger charge is -2.36. The van der Waals surface area contributed by atoms with Crippen molar-refractivity contribution in [2.75, 3.05) is 0 Å². The van der Waals surface area contributed by atoms with E-state index in [9.17, 15) is 23.2 Å². The van der Waals surface area contributed by atoms with Gasteiger partial charge >= 0.3 is 6.18 Å². The largest absolute Gasteiger partial charge is 0.433 e. The van der Waals surface area contributed by atoms with Crippen LogP contribution in [0.3, 0.4) is 0 Å². The van der Waals surface area contributed by atoms with Crippen LogP contribution in [0.25, 0.3) is 11.0 Å². The highest BCUT2D eigenvalue weighted by atomic mass is 19.4. The number of nitrogens with one attached hydrogen (secondary N) is 1. The number of hydrogen-bond donors (Lipinski definition) is 1. The van der Waals surface area contributed by atoms with E-state index in [2.05, 4.69) is 62.7 Å². The van der Waals surface area contributed by atoms with Gasteiger partial charge in [-0.25, -0.2) is 19.6 Å². The molecule has 5 rings (SSSR count). The molecule has 0 aromatic carbocycles. The Labute approximate surface area is 241 Å². The van der Waals surface area contributed by atoms with Crippen LogP contribution < -0.4 is 5.56 Å². The highest BCUT2D eigenvalue weighted by molar-refractivity contribution is 5.80. The van der Waals surface area contributed by atoms with Crippen molar-refractivity contribution in [3.05, 3.63) is 74.7 Å². The summed E-state index contributed by atoms with van der Waals surface area (Å²) < 4.78 is 40.5. The van der Waals surface area contributed by atoms with Crippen molar-refractivity contribution in [1.82, 2.24) is 34.7 Å². The molecule has 0 saturated heterocycles. The van der Waals surface area contributed by atoms with Crippen molar-refractivity contribution in [3.63, 3.8) is 0 Å². The van der Waals surface area contributed by atoms with Crippen molar-refractivity contribution in [2.45, 2.75) is 96.2 Å². The number of nitriles is 1. The van der Waals surface area contributed by atoms with Gasteiger partial charge < -0.3 is 4.98 Å². The summed E-state index contributed by atoms with van der Waals surface area (Å²) in [6.45, 7) is 14.4. The molecule has 42 heavy (non-hydrogen) atoms. The number of aromatic amines is 1. The fourth-order valence-corrected chi connectivity index (χ4v) is 5.08. The molecule has 9 nitrogen and oxygen atoms in total. The number of hydrogen-bond acceptors (Lipinski definition) is 7. The van der Waals surface area contributed by atoms with E-state index in [0.29, 0.717) is 17.2 Å². The third kappa shape index (κ3) is 5.28. The first-order valence-corrected chi connectivity index (χ1v) is 13.8. The number of fused-ring (bicyclic) bond motifs is 1. The predicted molar refractivity (Wildman–Crippen MR) is 150 cm³/mol. The maximum absolute atomic E-state index is 13.3. The second kappa shape index (κ2) is 10.00. The van der Waals surface area contributed by atoms with Crippen molar-refractivity contribution >= 4 is 11.0 Å². The third-order valence-electron chi connectivity index (χ3n) is 7.85. The minimum absolute atomic E-state index is 0.0323. The van der Waals surface area contributed by atoms with Gasteiger partial charge in [0.05, 0.1) is 6.04 Å². The van der Waals surface area contributed by atoms with Crippen LogP contribution in [0.2, 0.25) is 0 Å². The van der Waals surface area contributed by atoms with E-state index in [0.717, 1.165) is 36.5 Å². The maximum atomic E-state index is 13.3. The maximum Gasteiger partial charge on any atom is 0.433 e. The Morgan fingerprint density at radius 2 is 1.60 bits per heavy atom. The van der Waals surface area contributed by atoms with Gasteiger partial charge in [-0.1, -0.05) is 47.6 Å². The average molecular weight is 579 g/mol. The van der Waals surface area contributed by atoms with Crippen molar-refractivity contribution in [2.24, 2.45) is 0 Å². The van der Waals surface area contributed by atoms with Gasteiger partial charge in [-0.2, -0.15) is 23.5 Å². The molecule has 1 N–H and O–H groups in total. The highest BCUT2D eigenvalue weighted by Crippen LogP contribution is 2.47. The normalized spacial score (nSPS) is 18.5. The van der Waals surface area contributed by atoms with Crippen molar-refractivity contribution in [1.29, 1.82) is 5.26 Å². The number of rotatable bonds is 4. The first kappa shape index (κ1) is 29.4. The van der Waals surface area contributed by atoms with Gasteiger partial charge in [0.15, 0.2) is 11.3 Å². The van der Waals surface area contributed by atoms with Gasteiger partial charge in [0, 0.05) is 40.3 Å². The molecule has 220 valence electrons. The van der Waals surface area contributed by atoms with E-state index in [-0.39, 0.29) is 39.4 Å². The molecule has 1 aliphatic carbocycles. The number of alkyl halides is 3. The van der Waals surface area contributed by atoms with Gasteiger partial charge in [0.2, 0.25) is 0 Å². The average Bonchev–Trinajstić information content (AvgIpc) is 3.25. The van der Waals surface area contributed by atoms with Crippen LogP contribution in [0.4, 0.5) is 13.2 Å². The summed E-state index contributed by atoms with van der Waals surface area (Å²) in [7, 11) is 0. The van der Waals surface area contributed by atoms with E-state index in [1.54, 1.807) is 6.92 Å². The number of halogens is 3. The summed E-state index contributed by atoms with van der Waals surface area (Å²) in [5.74, 6) is 0.912. The molecule has 4 heterocycles. The predicted octanol–water partition coefficient (Wildman–Crippen LogP) is 6.06. The summed E-state index contributed by atoms with van der Waals surface area (Å²) in [6.07, 6.45) is -1.87. The second-order valence-corrected chi connectivity index (χ2v) is 13.0. The molecule has 0 bridgehead atoms. The molecule has 1 aliphatic rings. The fourth-order valence-electron chi connectivity index (χ4n) is 5.08. The Morgan fingerprint density at radius 1 is 0.976 bits per heavy atom. The van der Waals surface area contributed by atoms with Gasteiger partial charge in [0.25, 0.3) is 5.56 Å². The Balaban J connectivity index is 1.58. The van der Waals surface area contributed by atoms with E-state index in [1.165, 1.54) is 10.7 Å². The fraction of sp³-hybridized carbons (Fsp3) is 0.500. The molecule has 12 heteroatoms. The number of nitrogens with zero attached hydrogens (tertiary/aromatic N) is 7. The summed E-state index contributed by atoms with van der Waals surface area (Å²) in [5, 5.41) is 14.0. The van der Waals surface area contributed by atoms with Gasteiger partial charge in [-0.15, -0.1) is 0 Å². The standard InChI is InChI=1S/C30H33F3N8O/c1-15(16-8-11-20(35-14-16)30(31,32)33)41-26-23(19(13-34)40-41)27(42)39-25(38-26)18-10-9-17(18)24-36-21(28(2,3)4)12-22(37-24)29(5,6)7/h8,11-12,14-15,17-18H,9-10H2,1-7H3,(H,38,39,42)/t15-,17-,18-/m0/s1. The van der Waals surface area contributed by atoms with Gasteiger partial charge in [0.1, 0.15) is 28.8 Å². The third-order valence-corrected chi connectivity index (χ3v) is 7.85. The van der Waals surface area contributed by atoms with Crippen LogP contribution in [-0.2, 0) is 17.0 Å². The molecule has 1 saturated carbocycles. The zero-order valence-corrected chi connectivity index (χ0v) is 24.6. The lowest BCUT2D eigenvalue weighted by atomic mass is 9.72. The monoisotopic (exact) mass is 578 g/mol. The molecule has 1 fully saturated rings. The van der Waals surface area contributed by atoms with Crippen LogP contribution >= 0.6 is 0 Å². The SMILES string of the molecule is C[C@@H](c1ccc(C(F)(F)F)nc1)n1nc(C#N)c2c(=O)[nH]c([C@H]3CC[C@@H]3c3nc(C(C)(C)C)cc(C(C)(C)C)n3)nc21. The summed E-state index contributed by atoms with van der Waals surface area (Å²) in [4.78, 5) is 34.4. The Kier molecular flexibility index (Phi) is 6.99. The molecule has 4 aromatic heterocycles. The lowest BCUT2D eigenvalue weighted by molar-refractivity contribution is -0.141. The number of aromatic nitrogens is 7. The first-order valence-electron chi connectivity index (χ1n) is 13.8. The van der Waals surface area contributed by atoms with E-state index >= 15 is 0 Å². The summed E-state index contributed by atoms with van der Waals surface area (Å²) >= 11 is 0. The highest BCUT2D eigenvalue weighted by Gasteiger charge is 2.39. The van der Waals surface area contributed by atoms with Crippen molar-refractivity contribution in [3.8, 4) is 6.07 Å². The van der Waals surface area contributed by atoms with Crippen LogP contribution in [0.5, 0.6) is 0 Å². The van der Waals surface area contributed by atoms with Crippen LogP contribution in [0, 0.1) is 11.3 Å². The topological polar surface area (TPSA) is 126 Å². The summed E-state index contributed by atoms with van der Waals surface area (Å²) in [6, 6.07) is 5.55. The second-order valence-electron chi connectivity index (χ2n) is 13.0. The summed E-state index contributed by atoms with van der Waals surface area (Å²) in [5.41, 5.74) is 0.483. The smallest absolute Gasteiger partial charge is 0.310 e. The van der Waals surface area contributed by atoms with E-state index in [1.807, 2.05) is 6.07 Å². The van der Waals surface area contributed by atoms with Crippen molar-refractivity contribution < 1.29 is 13.2 Å². The Hall–Kier alpha value is -4.14. The molecule has 0 radical (unpaired) electrons. The van der Waals surface area contributed by atoms with Gasteiger partial charge in [-0.3, -0.25) is 9.78 Å². The van der Waals surface area contributed by atoms with Crippen LogP contribution in [0.15, 0.2) is 29.2 Å². The minimum atomic E-state index is -4.57. The molecular weight excluding hydrogens is 545 g/mol. The molecule has 3 atom stereocenters. The zero-order valence-electron chi connectivity index (χ0n) is 24.6. The molecule has 0 unspecified atom stereocenters. The van der Waals surface area contributed by atoms with Crippen LogP contribution in [-0.4, -0.2) is 34.7 Å². The molecule has 4 aromatic rings. The number of H-pyrrole nitrogens is 1. The quantitative estimate of drug-likeness (QED) is 0.312. The van der Waals surface area contributed by atoms with E-state index < -0.39 is 23.5 Å². The van der Waals surface area contributed by atoms with Crippen LogP contribution in [0.1, 0.15) is 119 Å². The minimum Gasteiger partial charge on any atom is -0.310 e. The molecular formula is C30H33F3N8O. The number of pyridine rings is 1. The lowest BCUT2D eigenvalue weighted by Crippen LogP contribution is -2.30. The molecule has 0 amide bonds. The molecule has 0 aliphatic heterocycles. The molecule has 0 spiro atoms. The van der Waals surface area contributed by atoms with Gasteiger partial charge in [-0.05, 0) is 37.5 Å². The Bertz CT molecular complexity index is 1720. The zero-order chi connectivity index (χ0) is 30.8.